The molecule has 2 heterocycles. The van der Waals surface area contributed by atoms with Crippen LogP contribution in [0.25, 0.3) is 0 Å². The smallest absolute Gasteiger partial charge is 0.325 e. The van der Waals surface area contributed by atoms with E-state index in [-0.39, 0.29) is 11.8 Å². The van der Waals surface area contributed by atoms with Crippen LogP contribution in [-0.4, -0.2) is 45.8 Å². The Bertz CT molecular complexity index is 783. The summed E-state index contributed by atoms with van der Waals surface area (Å²) in [5, 5.41) is 2.91. The van der Waals surface area contributed by atoms with Crippen molar-refractivity contribution in [2.24, 2.45) is 5.92 Å². The van der Waals surface area contributed by atoms with Gasteiger partial charge in [0.2, 0.25) is 5.91 Å². The van der Waals surface area contributed by atoms with Crippen molar-refractivity contribution in [1.82, 2.24) is 15.1 Å². The molecule has 0 aromatic heterocycles. The highest BCUT2D eigenvalue weighted by Gasteiger charge is 2.54. The predicted molar refractivity (Wildman–Crippen MR) is 101 cm³/mol. The lowest BCUT2D eigenvalue weighted by Crippen LogP contribution is -2.53. The Morgan fingerprint density at radius 1 is 1.19 bits per heavy atom. The third kappa shape index (κ3) is 3.01. The molecule has 1 aliphatic carbocycles. The van der Waals surface area contributed by atoms with Gasteiger partial charge >= 0.3 is 6.03 Å². The van der Waals surface area contributed by atoms with E-state index < -0.39 is 17.6 Å². The van der Waals surface area contributed by atoms with Crippen LogP contribution < -0.4 is 5.32 Å². The Kier molecular flexibility index (Phi) is 4.44. The molecule has 3 aliphatic rings. The zero-order valence-electron chi connectivity index (χ0n) is 16.0. The normalized spacial score (nSPS) is 28.9. The van der Waals surface area contributed by atoms with Crippen molar-refractivity contribution in [3.8, 4) is 0 Å². The second kappa shape index (κ2) is 6.66. The third-order valence-corrected chi connectivity index (χ3v) is 6.51. The number of urea groups is 1. The average molecular weight is 369 g/mol. The zero-order chi connectivity index (χ0) is 19.2. The van der Waals surface area contributed by atoms with E-state index in [0.29, 0.717) is 31.8 Å². The van der Waals surface area contributed by atoms with Gasteiger partial charge in [-0.1, -0.05) is 31.2 Å². The number of hydrogen-bond donors (Lipinski definition) is 1. The number of amides is 4. The topological polar surface area (TPSA) is 69.7 Å². The van der Waals surface area contributed by atoms with E-state index in [1.807, 2.05) is 18.2 Å². The molecule has 1 aromatic carbocycles. The lowest BCUT2D eigenvalue weighted by atomic mass is 9.77. The highest BCUT2D eigenvalue weighted by atomic mass is 16.2. The summed E-state index contributed by atoms with van der Waals surface area (Å²) in [4.78, 5) is 41.7. The van der Waals surface area contributed by atoms with Gasteiger partial charge in [0.05, 0.1) is 0 Å². The molecule has 4 amide bonds. The molecule has 0 radical (unpaired) electrons. The average Bonchev–Trinajstić information content (AvgIpc) is 2.92. The van der Waals surface area contributed by atoms with Crippen LogP contribution >= 0.6 is 0 Å². The van der Waals surface area contributed by atoms with Crippen molar-refractivity contribution in [1.29, 1.82) is 0 Å². The number of nitrogens with one attached hydrogen (secondary N) is 1. The highest BCUT2D eigenvalue weighted by molar-refractivity contribution is 6.09. The fourth-order valence-corrected chi connectivity index (χ4v) is 4.65. The minimum Gasteiger partial charge on any atom is -0.336 e. The SMILES string of the molecule is CC1CCC2(CC1)NC(=O)N([C@@H](C)C(=O)N1CCc3ccccc3C1)C2=O. The number of carbonyl (C=O) groups is 3. The molecular weight excluding hydrogens is 342 g/mol. The monoisotopic (exact) mass is 369 g/mol. The van der Waals surface area contributed by atoms with Gasteiger partial charge in [-0.3, -0.25) is 9.59 Å². The zero-order valence-corrected chi connectivity index (χ0v) is 16.0. The van der Waals surface area contributed by atoms with Crippen molar-refractivity contribution in [3.63, 3.8) is 0 Å². The maximum atomic E-state index is 13.1. The van der Waals surface area contributed by atoms with Crippen LogP contribution in [-0.2, 0) is 22.6 Å². The van der Waals surface area contributed by atoms with Gasteiger partial charge in [-0.15, -0.1) is 0 Å². The number of hydrogen-bond acceptors (Lipinski definition) is 3. The fourth-order valence-electron chi connectivity index (χ4n) is 4.65. The number of fused-ring (bicyclic) bond motifs is 1. The summed E-state index contributed by atoms with van der Waals surface area (Å²) in [6.45, 7) is 5.00. The summed E-state index contributed by atoms with van der Waals surface area (Å²) in [6.07, 6.45) is 3.97. The van der Waals surface area contributed by atoms with Gasteiger partial charge in [0.1, 0.15) is 11.6 Å². The van der Waals surface area contributed by atoms with Crippen molar-refractivity contribution in [2.45, 2.75) is 64.1 Å². The van der Waals surface area contributed by atoms with Crippen LogP contribution in [0.1, 0.15) is 50.7 Å². The summed E-state index contributed by atoms with van der Waals surface area (Å²) in [7, 11) is 0. The van der Waals surface area contributed by atoms with Crippen molar-refractivity contribution < 1.29 is 14.4 Å². The highest BCUT2D eigenvalue weighted by Crippen LogP contribution is 2.37. The lowest BCUT2D eigenvalue weighted by Gasteiger charge is -2.35. The van der Waals surface area contributed by atoms with Crippen molar-refractivity contribution >= 4 is 17.8 Å². The molecule has 144 valence electrons. The maximum absolute atomic E-state index is 13.1. The van der Waals surface area contributed by atoms with Crippen LogP contribution in [0.3, 0.4) is 0 Å². The molecule has 1 saturated heterocycles. The third-order valence-electron chi connectivity index (χ3n) is 6.51. The van der Waals surface area contributed by atoms with Crippen molar-refractivity contribution in [3.05, 3.63) is 35.4 Å². The Morgan fingerprint density at radius 2 is 1.85 bits per heavy atom. The van der Waals surface area contributed by atoms with E-state index in [1.54, 1.807) is 11.8 Å². The minimum atomic E-state index is -0.799. The predicted octanol–water partition coefficient (Wildman–Crippen LogP) is 2.46. The van der Waals surface area contributed by atoms with E-state index in [2.05, 4.69) is 18.3 Å². The minimum absolute atomic E-state index is 0.158. The standard InChI is InChI=1S/C21H27N3O3/c1-14-7-10-21(11-8-14)19(26)24(20(27)22-21)15(2)18(25)23-12-9-16-5-3-4-6-17(16)13-23/h3-6,14-15H,7-13H2,1-2H3,(H,22,27)/t14?,15-,21?/m0/s1. The summed E-state index contributed by atoms with van der Waals surface area (Å²) in [6, 6.07) is 6.91. The van der Waals surface area contributed by atoms with E-state index in [4.69, 9.17) is 0 Å². The molecule has 1 spiro atoms. The van der Waals surface area contributed by atoms with Crippen LogP contribution in [0.2, 0.25) is 0 Å². The first kappa shape index (κ1) is 18.0. The van der Waals surface area contributed by atoms with Gasteiger partial charge in [-0.05, 0) is 56.1 Å². The Labute approximate surface area is 159 Å². The molecule has 6 nitrogen and oxygen atoms in total. The van der Waals surface area contributed by atoms with E-state index in [1.165, 1.54) is 10.5 Å². The molecule has 4 rings (SSSR count). The summed E-state index contributed by atoms with van der Waals surface area (Å²) in [5.41, 5.74) is 1.60. The molecule has 2 fully saturated rings. The molecule has 1 saturated carbocycles. The van der Waals surface area contributed by atoms with Crippen LogP contribution in [0.5, 0.6) is 0 Å². The molecule has 6 heteroatoms. The summed E-state index contributed by atoms with van der Waals surface area (Å²) >= 11 is 0. The number of carbonyl (C=O) groups excluding carboxylic acids is 3. The first-order valence-corrected chi connectivity index (χ1v) is 9.93. The maximum Gasteiger partial charge on any atom is 0.325 e. The van der Waals surface area contributed by atoms with Gasteiger partial charge in [-0.2, -0.15) is 0 Å². The number of benzene rings is 1. The molecule has 1 N–H and O–H groups in total. The Hall–Kier alpha value is -2.37. The van der Waals surface area contributed by atoms with Crippen LogP contribution in [0.15, 0.2) is 24.3 Å². The fraction of sp³-hybridized carbons (Fsp3) is 0.571. The molecule has 1 aromatic rings. The van der Waals surface area contributed by atoms with Gasteiger partial charge in [0, 0.05) is 13.1 Å². The second-order valence-electron chi connectivity index (χ2n) is 8.32. The van der Waals surface area contributed by atoms with Gasteiger partial charge in [-0.25, -0.2) is 9.69 Å². The quantitative estimate of drug-likeness (QED) is 0.814. The first-order valence-electron chi connectivity index (χ1n) is 9.93. The summed E-state index contributed by atoms with van der Waals surface area (Å²) < 4.78 is 0. The lowest BCUT2D eigenvalue weighted by molar-refractivity contribution is -0.144. The Morgan fingerprint density at radius 3 is 2.56 bits per heavy atom. The Balaban J connectivity index is 1.49. The molecule has 27 heavy (non-hydrogen) atoms. The van der Waals surface area contributed by atoms with Crippen LogP contribution in [0.4, 0.5) is 4.79 Å². The van der Waals surface area contributed by atoms with Crippen molar-refractivity contribution in [2.75, 3.05) is 6.54 Å². The first-order chi connectivity index (χ1) is 12.9. The van der Waals surface area contributed by atoms with E-state index in [9.17, 15) is 14.4 Å². The number of imide groups is 1. The van der Waals surface area contributed by atoms with E-state index in [0.717, 1.165) is 24.8 Å². The van der Waals surface area contributed by atoms with Crippen LogP contribution in [0, 0.1) is 5.92 Å². The van der Waals surface area contributed by atoms with E-state index >= 15 is 0 Å². The molecular formula is C21H27N3O3. The summed E-state index contributed by atoms with van der Waals surface area (Å²) in [5.74, 6) is 0.189. The molecule has 0 unspecified atom stereocenters. The second-order valence-corrected chi connectivity index (χ2v) is 8.32. The van der Waals surface area contributed by atoms with Gasteiger partial charge < -0.3 is 10.2 Å². The number of nitrogens with zero attached hydrogens (tertiary/aromatic N) is 2. The number of rotatable bonds is 2. The van der Waals surface area contributed by atoms with Gasteiger partial charge in [0.25, 0.3) is 5.91 Å². The largest absolute Gasteiger partial charge is 0.336 e. The molecule has 0 bridgehead atoms. The molecule has 2 aliphatic heterocycles. The van der Waals surface area contributed by atoms with Gasteiger partial charge in [0.15, 0.2) is 0 Å². The molecule has 1 atom stereocenters.